The zero-order chi connectivity index (χ0) is 12.1. The predicted octanol–water partition coefficient (Wildman–Crippen LogP) is 0.741. The molecular formula is C11H9NO4. The molecule has 0 fully saturated rings. The maximum Gasteiger partial charge on any atom is 0.376 e. The molecule has 5 heteroatoms. The molecule has 0 bridgehead atoms. The molecule has 1 N–H and O–H groups in total. The first-order chi connectivity index (χ1) is 7.61. The van der Waals surface area contributed by atoms with Crippen LogP contribution in [0.5, 0.6) is 5.75 Å². The summed E-state index contributed by atoms with van der Waals surface area (Å²) < 4.78 is 4.23. The minimum absolute atomic E-state index is 0.0976. The summed E-state index contributed by atoms with van der Waals surface area (Å²) in [6, 6.07) is 7.52. The number of carbonyl (C=O) groups excluding carboxylic acids is 2. The standard InChI is InChI=1S/C11H9NO4/c1-16-11(15)10(14)8(6-12)7-4-2-3-5-9(7)13/h2-5,8,13H,1H3. The first-order valence-electron chi connectivity index (χ1n) is 4.41. The van der Waals surface area contributed by atoms with E-state index in [1.165, 1.54) is 12.1 Å². The van der Waals surface area contributed by atoms with Gasteiger partial charge in [-0.25, -0.2) is 4.79 Å². The lowest BCUT2D eigenvalue weighted by Gasteiger charge is -2.08. The van der Waals surface area contributed by atoms with Gasteiger partial charge in [-0.2, -0.15) is 5.26 Å². The normalized spacial score (nSPS) is 11.2. The molecule has 0 aliphatic heterocycles. The molecule has 0 aromatic heterocycles. The molecule has 0 amide bonds. The second-order valence-electron chi connectivity index (χ2n) is 2.98. The van der Waals surface area contributed by atoms with Crippen molar-refractivity contribution in [3.8, 4) is 11.8 Å². The Morgan fingerprint density at radius 3 is 2.56 bits per heavy atom. The van der Waals surface area contributed by atoms with E-state index in [9.17, 15) is 14.7 Å². The number of nitrogens with zero attached hydrogens (tertiary/aromatic N) is 1. The van der Waals surface area contributed by atoms with Gasteiger partial charge in [-0.05, 0) is 6.07 Å². The van der Waals surface area contributed by atoms with Gasteiger partial charge < -0.3 is 9.84 Å². The average Bonchev–Trinajstić information content (AvgIpc) is 2.31. The first-order valence-corrected chi connectivity index (χ1v) is 4.41. The number of rotatable bonds is 3. The van der Waals surface area contributed by atoms with Gasteiger partial charge in [0.25, 0.3) is 5.78 Å². The van der Waals surface area contributed by atoms with E-state index in [1.54, 1.807) is 18.2 Å². The molecule has 1 aromatic carbocycles. The number of Topliss-reactive ketones (excluding diaryl/α,β-unsaturated/α-hetero) is 1. The quantitative estimate of drug-likeness (QED) is 0.598. The molecule has 0 heterocycles. The molecule has 0 spiro atoms. The lowest BCUT2D eigenvalue weighted by molar-refractivity contribution is -0.151. The van der Waals surface area contributed by atoms with Crippen LogP contribution in [0.4, 0.5) is 0 Å². The number of aromatic hydroxyl groups is 1. The molecule has 0 radical (unpaired) electrons. The van der Waals surface area contributed by atoms with E-state index in [0.717, 1.165) is 7.11 Å². The maximum absolute atomic E-state index is 11.4. The summed E-state index contributed by atoms with van der Waals surface area (Å²) >= 11 is 0. The van der Waals surface area contributed by atoms with Gasteiger partial charge in [0.2, 0.25) is 0 Å². The number of hydrogen-bond donors (Lipinski definition) is 1. The molecule has 1 aromatic rings. The number of benzene rings is 1. The van der Waals surface area contributed by atoms with Gasteiger partial charge in [0.05, 0.1) is 13.2 Å². The third-order valence-electron chi connectivity index (χ3n) is 2.03. The number of phenolic OH excluding ortho intramolecular Hbond substituents is 1. The van der Waals surface area contributed by atoms with Crippen LogP contribution >= 0.6 is 0 Å². The van der Waals surface area contributed by atoms with E-state index in [-0.39, 0.29) is 11.3 Å². The zero-order valence-corrected chi connectivity index (χ0v) is 8.51. The molecule has 1 rings (SSSR count). The van der Waals surface area contributed by atoms with Crippen LogP contribution in [0.2, 0.25) is 0 Å². The number of hydrogen-bond acceptors (Lipinski definition) is 5. The van der Waals surface area contributed by atoms with Crippen LogP contribution in [0.25, 0.3) is 0 Å². The summed E-state index contributed by atoms with van der Waals surface area (Å²) in [5.74, 6) is -3.64. The second kappa shape index (κ2) is 4.94. The van der Waals surface area contributed by atoms with E-state index in [0.29, 0.717) is 0 Å². The number of ether oxygens (including phenoxy) is 1. The number of para-hydroxylation sites is 1. The number of phenols is 1. The second-order valence-corrected chi connectivity index (χ2v) is 2.98. The third-order valence-corrected chi connectivity index (χ3v) is 2.03. The van der Waals surface area contributed by atoms with Crippen molar-refractivity contribution in [1.29, 1.82) is 5.26 Å². The maximum atomic E-state index is 11.4. The first kappa shape index (κ1) is 11.7. The van der Waals surface area contributed by atoms with Crippen LogP contribution in [-0.2, 0) is 14.3 Å². The van der Waals surface area contributed by atoms with Gasteiger partial charge >= 0.3 is 5.97 Å². The van der Waals surface area contributed by atoms with Crippen molar-refractivity contribution in [3.05, 3.63) is 29.8 Å². The summed E-state index contributed by atoms with van der Waals surface area (Å²) in [7, 11) is 1.06. The Morgan fingerprint density at radius 1 is 1.44 bits per heavy atom. The van der Waals surface area contributed by atoms with E-state index >= 15 is 0 Å². The van der Waals surface area contributed by atoms with Crippen LogP contribution in [0.1, 0.15) is 11.5 Å². The average molecular weight is 219 g/mol. The molecule has 16 heavy (non-hydrogen) atoms. The molecule has 82 valence electrons. The van der Waals surface area contributed by atoms with Gasteiger partial charge in [-0.3, -0.25) is 4.79 Å². The highest BCUT2D eigenvalue weighted by Crippen LogP contribution is 2.25. The monoisotopic (exact) mass is 219 g/mol. The van der Waals surface area contributed by atoms with Gasteiger partial charge in [0, 0.05) is 5.56 Å². The fourth-order valence-corrected chi connectivity index (χ4v) is 1.22. The lowest BCUT2D eigenvalue weighted by Crippen LogP contribution is -2.22. The Balaban J connectivity index is 3.10. The molecule has 1 unspecified atom stereocenters. The van der Waals surface area contributed by atoms with Crippen molar-refractivity contribution in [3.63, 3.8) is 0 Å². The molecule has 1 atom stereocenters. The summed E-state index contributed by atoms with van der Waals surface area (Å²) in [6.07, 6.45) is 0. The lowest BCUT2D eigenvalue weighted by atomic mass is 9.95. The molecule has 0 saturated carbocycles. The molecule has 5 nitrogen and oxygen atoms in total. The highest BCUT2D eigenvalue weighted by Gasteiger charge is 2.29. The fraction of sp³-hybridized carbons (Fsp3) is 0.182. The minimum atomic E-state index is -1.34. The Morgan fingerprint density at radius 2 is 2.06 bits per heavy atom. The van der Waals surface area contributed by atoms with Crippen molar-refractivity contribution >= 4 is 11.8 Å². The van der Waals surface area contributed by atoms with Gasteiger partial charge in [0.1, 0.15) is 11.7 Å². The summed E-state index contributed by atoms with van der Waals surface area (Å²) in [4.78, 5) is 22.4. The fourth-order valence-electron chi connectivity index (χ4n) is 1.22. The number of methoxy groups -OCH3 is 1. The van der Waals surface area contributed by atoms with Crippen molar-refractivity contribution in [2.24, 2.45) is 0 Å². The topological polar surface area (TPSA) is 87.4 Å². The van der Waals surface area contributed by atoms with Crippen LogP contribution in [-0.4, -0.2) is 24.0 Å². The SMILES string of the molecule is COC(=O)C(=O)C(C#N)c1ccccc1O. The zero-order valence-electron chi connectivity index (χ0n) is 8.51. The van der Waals surface area contributed by atoms with E-state index in [2.05, 4.69) is 4.74 Å². The number of nitriles is 1. The van der Waals surface area contributed by atoms with Gasteiger partial charge in [-0.15, -0.1) is 0 Å². The molecular weight excluding hydrogens is 210 g/mol. The van der Waals surface area contributed by atoms with Crippen LogP contribution in [0.15, 0.2) is 24.3 Å². The minimum Gasteiger partial charge on any atom is -0.508 e. The smallest absolute Gasteiger partial charge is 0.376 e. The Bertz CT molecular complexity index is 461. The van der Waals surface area contributed by atoms with E-state index in [4.69, 9.17) is 5.26 Å². The number of ketones is 1. The summed E-state index contributed by atoms with van der Waals surface area (Å²) in [6.45, 7) is 0. The Labute approximate surface area is 91.9 Å². The van der Waals surface area contributed by atoms with Crippen molar-refractivity contribution < 1.29 is 19.4 Å². The van der Waals surface area contributed by atoms with Crippen LogP contribution < -0.4 is 0 Å². The summed E-state index contributed by atoms with van der Waals surface area (Å²) in [5, 5.41) is 18.3. The van der Waals surface area contributed by atoms with E-state index in [1.807, 2.05) is 0 Å². The van der Waals surface area contributed by atoms with Gasteiger partial charge in [0.15, 0.2) is 0 Å². The molecule has 0 saturated heterocycles. The highest BCUT2D eigenvalue weighted by atomic mass is 16.5. The van der Waals surface area contributed by atoms with Crippen molar-refractivity contribution in [2.45, 2.75) is 5.92 Å². The van der Waals surface area contributed by atoms with Crippen molar-refractivity contribution in [2.75, 3.05) is 7.11 Å². The molecule has 0 aliphatic carbocycles. The molecule has 0 aliphatic rings. The van der Waals surface area contributed by atoms with Crippen molar-refractivity contribution in [1.82, 2.24) is 0 Å². The predicted molar refractivity (Wildman–Crippen MR) is 53.5 cm³/mol. The van der Waals surface area contributed by atoms with Crippen LogP contribution in [0.3, 0.4) is 0 Å². The number of esters is 1. The van der Waals surface area contributed by atoms with Crippen LogP contribution in [0, 0.1) is 11.3 Å². The third kappa shape index (κ3) is 2.17. The van der Waals surface area contributed by atoms with Gasteiger partial charge in [-0.1, -0.05) is 18.2 Å². The number of carbonyl (C=O) groups is 2. The highest BCUT2D eigenvalue weighted by molar-refractivity contribution is 6.36. The summed E-state index contributed by atoms with van der Waals surface area (Å²) in [5.41, 5.74) is 0.0976. The Kier molecular flexibility index (Phi) is 3.62. The Hall–Kier alpha value is -2.35. The largest absolute Gasteiger partial charge is 0.508 e. The van der Waals surface area contributed by atoms with E-state index < -0.39 is 17.7 Å².